The molecule has 0 aliphatic rings. The standard InChI is InChI=1S/C10H19BrO2/c1-2-3-6-9(10(12)13)7-4-5-8-11/h9H,2-8H2,1H3,(H,12,13). The number of halogens is 1. The average molecular weight is 251 g/mol. The molecule has 0 aromatic rings. The van der Waals surface area contributed by atoms with Gasteiger partial charge in [0, 0.05) is 5.33 Å². The van der Waals surface area contributed by atoms with E-state index in [1.54, 1.807) is 0 Å². The molecule has 0 aromatic carbocycles. The van der Waals surface area contributed by atoms with E-state index in [1.165, 1.54) is 0 Å². The normalized spacial score (nSPS) is 12.8. The molecule has 0 aliphatic carbocycles. The van der Waals surface area contributed by atoms with Crippen molar-refractivity contribution in [2.24, 2.45) is 5.92 Å². The molecule has 1 N–H and O–H groups in total. The summed E-state index contributed by atoms with van der Waals surface area (Å²) in [7, 11) is 0. The number of carboxylic acid groups (broad SMARTS) is 1. The van der Waals surface area contributed by atoms with Crippen LogP contribution >= 0.6 is 15.9 Å². The largest absolute Gasteiger partial charge is 0.481 e. The summed E-state index contributed by atoms with van der Waals surface area (Å²) < 4.78 is 0. The van der Waals surface area contributed by atoms with Gasteiger partial charge in [-0.05, 0) is 19.3 Å². The number of hydrogen-bond acceptors (Lipinski definition) is 1. The quantitative estimate of drug-likeness (QED) is 0.530. The lowest BCUT2D eigenvalue weighted by atomic mass is 9.96. The fourth-order valence-corrected chi connectivity index (χ4v) is 1.72. The van der Waals surface area contributed by atoms with Gasteiger partial charge in [-0.15, -0.1) is 0 Å². The Kier molecular flexibility index (Phi) is 8.51. The van der Waals surface area contributed by atoms with Crippen molar-refractivity contribution in [1.29, 1.82) is 0 Å². The van der Waals surface area contributed by atoms with Crippen LogP contribution in [-0.4, -0.2) is 16.4 Å². The molecule has 13 heavy (non-hydrogen) atoms. The van der Waals surface area contributed by atoms with Crippen LogP contribution in [0.15, 0.2) is 0 Å². The predicted molar refractivity (Wildman–Crippen MR) is 58.3 cm³/mol. The van der Waals surface area contributed by atoms with Crippen molar-refractivity contribution < 1.29 is 9.90 Å². The maximum atomic E-state index is 10.8. The van der Waals surface area contributed by atoms with Crippen molar-refractivity contribution in [3.63, 3.8) is 0 Å². The van der Waals surface area contributed by atoms with E-state index in [0.717, 1.165) is 43.9 Å². The van der Waals surface area contributed by atoms with E-state index >= 15 is 0 Å². The second-order valence-corrected chi connectivity index (χ2v) is 4.16. The summed E-state index contributed by atoms with van der Waals surface area (Å²) in [5, 5.41) is 9.87. The Bertz CT molecular complexity index is 137. The van der Waals surface area contributed by atoms with E-state index in [4.69, 9.17) is 5.11 Å². The lowest BCUT2D eigenvalue weighted by Crippen LogP contribution is -2.13. The van der Waals surface area contributed by atoms with Crippen LogP contribution < -0.4 is 0 Å². The van der Waals surface area contributed by atoms with E-state index in [1.807, 2.05) is 0 Å². The predicted octanol–water partition coefficient (Wildman–Crippen LogP) is 3.44. The van der Waals surface area contributed by atoms with Gasteiger partial charge in [0.15, 0.2) is 0 Å². The van der Waals surface area contributed by atoms with Crippen LogP contribution in [0.4, 0.5) is 0 Å². The van der Waals surface area contributed by atoms with Gasteiger partial charge in [0.1, 0.15) is 0 Å². The molecular weight excluding hydrogens is 232 g/mol. The van der Waals surface area contributed by atoms with E-state index in [0.29, 0.717) is 0 Å². The minimum Gasteiger partial charge on any atom is -0.481 e. The van der Waals surface area contributed by atoms with Crippen molar-refractivity contribution in [2.45, 2.75) is 45.4 Å². The third-order valence-electron chi connectivity index (χ3n) is 2.19. The molecule has 78 valence electrons. The number of carbonyl (C=O) groups is 1. The topological polar surface area (TPSA) is 37.3 Å². The molecule has 0 aromatic heterocycles. The van der Waals surface area contributed by atoms with Gasteiger partial charge in [-0.1, -0.05) is 42.1 Å². The Morgan fingerprint density at radius 2 is 1.92 bits per heavy atom. The molecular formula is C10H19BrO2. The van der Waals surface area contributed by atoms with Crippen LogP contribution in [0.3, 0.4) is 0 Å². The number of unbranched alkanes of at least 4 members (excludes halogenated alkanes) is 2. The zero-order valence-corrected chi connectivity index (χ0v) is 9.85. The molecule has 0 bridgehead atoms. The molecule has 0 rings (SSSR count). The number of aliphatic carboxylic acids is 1. The van der Waals surface area contributed by atoms with E-state index in [2.05, 4.69) is 22.9 Å². The van der Waals surface area contributed by atoms with Gasteiger partial charge in [-0.2, -0.15) is 0 Å². The Labute approximate surface area is 88.8 Å². The first kappa shape index (κ1) is 12.9. The average Bonchev–Trinajstić information content (AvgIpc) is 2.10. The molecule has 0 aliphatic heterocycles. The minimum atomic E-state index is -0.622. The fraction of sp³-hybridized carbons (Fsp3) is 0.900. The van der Waals surface area contributed by atoms with Crippen LogP contribution in [-0.2, 0) is 4.79 Å². The second kappa shape index (κ2) is 8.54. The van der Waals surface area contributed by atoms with Crippen molar-refractivity contribution in [3.05, 3.63) is 0 Å². The lowest BCUT2D eigenvalue weighted by Gasteiger charge is -2.10. The monoisotopic (exact) mass is 250 g/mol. The maximum absolute atomic E-state index is 10.8. The molecule has 1 atom stereocenters. The highest BCUT2D eigenvalue weighted by Gasteiger charge is 2.15. The number of alkyl halides is 1. The molecule has 0 saturated carbocycles. The van der Waals surface area contributed by atoms with Crippen LogP contribution in [0.2, 0.25) is 0 Å². The van der Waals surface area contributed by atoms with Crippen molar-refractivity contribution in [3.8, 4) is 0 Å². The number of carboxylic acids is 1. The van der Waals surface area contributed by atoms with Gasteiger partial charge >= 0.3 is 5.97 Å². The molecule has 0 spiro atoms. The summed E-state index contributed by atoms with van der Waals surface area (Å²) >= 11 is 3.34. The number of rotatable bonds is 8. The third kappa shape index (κ3) is 7.05. The SMILES string of the molecule is CCCCC(CCCCBr)C(=O)O. The fourth-order valence-electron chi connectivity index (χ4n) is 1.33. The summed E-state index contributed by atoms with van der Waals surface area (Å²) in [5.74, 6) is -0.734. The van der Waals surface area contributed by atoms with Gasteiger partial charge in [-0.25, -0.2) is 0 Å². The highest BCUT2D eigenvalue weighted by molar-refractivity contribution is 9.09. The summed E-state index contributed by atoms with van der Waals surface area (Å²) in [4.78, 5) is 10.8. The van der Waals surface area contributed by atoms with E-state index in [-0.39, 0.29) is 5.92 Å². The Morgan fingerprint density at radius 3 is 2.38 bits per heavy atom. The lowest BCUT2D eigenvalue weighted by molar-refractivity contribution is -0.142. The zero-order chi connectivity index (χ0) is 10.1. The molecule has 0 fully saturated rings. The van der Waals surface area contributed by atoms with Gasteiger partial charge in [0.25, 0.3) is 0 Å². The molecule has 3 heteroatoms. The van der Waals surface area contributed by atoms with Gasteiger partial charge in [0.2, 0.25) is 0 Å². The molecule has 1 unspecified atom stereocenters. The van der Waals surface area contributed by atoms with Crippen LogP contribution in [0, 0.1) is 5.92 Å². The Hall–Kier alpha value is -0.0500. The van der Waals surface area contributed by atoms with Gasteiger partial charge < -0.3 is 5.11 Å². The highest BCUT2D eigenvalue weighted by atomic mass is 79.9. The Balaban J connectivity index is 3.61. The summed E-state index contributed by atoms with van der Waals surface area (Å²) in [6, 6.07) is 0. The summed E-state index contributed by atoms with van der Waals surface area (Å²) in [6.45, 7) is 2.09. The number of hydrogen-bond donors (Lipinski definition) is 1. The van der Waals surface area contributed by atoms with Crippen molar-refractivity contribution >= 4 is 21.9 Å². The van der Waals surface area contributed by atoms with Crippen molar-refractivity contribution in [1.82, 2.24) is 0 Å². The van der Waals surface area contributed by atoms with Gasteiger partial charge in [-0.3, -0.25) is 4.79 Å². The van der Waals surface area contributed by atoms with Crippen LogP contribution in [0.5, 0.6) is 0 Å². The van der Waals surface area contributed by atoms with Crippen LogP contribution in [0.25, 0.3) is 0 Å². The first-order valence-electron chi connectivity index (χ1n) is 5.01. The van der Waals surface area contributed by atoms with Crippen LogP contribution in [0.1, 0.15) is 45.4 Å². The zero-order valence-electron chi connectivity index (χ0n) is 8.26. The van der Waals surface area contributed by atoms with E-state index in [9.17, 15) is 4.79 Å². The first-order valence-corrected chi connectivity index (χ1v) is 6.13. The first-order chi connectivity index (χ1) is 6.22. The highest BCUT2D eigenvalue weighted by Crippen LogP contribution is 2.16. The second-order valence-electron chi connectivity index (χ2n) is 3.36. The molecule has 0 heterocycles. The Morgan fingerprint density at radius 1 is 1.31 bits per heavy atom. The van der Waals surface area contributed by atoms with Crippen molar-refractivity contribution in [2.75, 3.05) is 5.33 Å². The molecule has 0 radical (unpaired) electrons. The maximum Gasteiger partial charge on any atom is 0.306 e. The third-order valence-corrected chi connectivity index (χ3v) is 2.75. The smallest absolute Gasteiger partial charge is 0.306 e. The molecule has 0 amide bonds. The molecule has 2 nitrogen and oxygen atoms in total. The summed E-state index contributed by atoms with van der Waals surface area (Å²) in [5.41, 5.74) is 0. The molecule has 0 saturated heterocycles. The summed E-state index contributed by atoms with van der Waals surface area (Å²) in [6.07, 6.45) is 5.89. The minimum absolute atomic E-state index is 0.112. The van der Waals surface area contributed by atoms with E-state index < -0.39 is 5.97 Å². The van der Waals surface area contributed by atoms with Gasteiger partial charge in [0.05, 0.1) is 5.92 Å².